The molecule has 0 saturated carbocycles. The molecule has 1 aromatic heterocycles. The first kappa shape index (κ1) is 19.7. The zero-order chi connectivity index (χ0) is 21.0. The molecule has 0 spiro atoms. The summed E-state index contributed by atoms with van der Waals surface area (Å²) in [5.41, 5.74) is 5.12. The number of carbonyl (C=O) groups excluding carboxylic acids is 1. The lowest BCUT2D eigenvalue weighted by atomic mass is 9.95. The fourth-order valence-electron chi connectivity index (χ4n) is 4.83. The molecule has 3 unspecified atom stereocenters. The Kier molecular flexibility index (Phi) is 4.68. The van der Waals surface area contributed by atoms with E-state index in [2.05, 4.69) is 27.8 Å². The predicted molar refractivity (Wildman–Crippen MR) is 109 cm³/mol. The van der Waals surface area contributed by atoms with E-state index in [1.807, 2.05) is 0 Å². The Balaban J connectivity index is 1.51. The van der Waals surface area contributed by atoms with Crippen LogP contribution in [0.2, 0.25) is 0 Å². The molecule has 3 aliphatic rings. The number of hydrogen-bond donors (Lipinski definition) is 2. The van der Waals surface area contributed by atoms with Gasteiger partial charge in [-0.2, -0.15) is 5.10 Å². The van der Waals surface area contributed by atoms with Crippen LogP contribution in [0.4, 0.5) is 14.9 Å². The lowest BCUT2D eigenvalue weighted by Gasteiger charge is -2.18. The third-order valence-electron chi connectivity index (χ3n) is 6.22. The normalized spacial score (nSPS) is 24.0. The SMILES string of the molecule is CC1CCc2cc3c(c(NC(=O)N=S(N)(=O)c4cnn5c4COCC5)c21)CC(F)C3. The van der Waals surface area contributed by atoms with Gasteiger partial charge in [0.1, 0.15) is 21.0 Å². The molecule has 3 atom stereocenters. The smallest absolute Gasteiger partial charge is 0.354 e. The molecular formula is C20H24FN5O3S. The number of carbonyl (C=O) groups is 1. The highest BCUT2D eigenvalue weighted by molar-refractivity contribution is 7.91. The van der Waals surface area contributed by atoms with Gasteiger partial charge in [0.25, 0.3) is 0 Å². The van der Waals surface area contributed by atoms with Crippen molar-refractivity contribution in [1.29, 1.82) is 0 Å². The zero-order valence-electron chi connectivity index (χ0n) is 16.7. The minimum Gasteiger partial charge on any atom is -0.373 e. The minimum atomic E-state index is -3.50. The van der Waals surface area contributed by atoms with Crippen LogP contribution in [0.25, 0.3) is 0 Å². The molecule has 5 rings (SSSR count). The minimum absolute atomic E-state index is 0.207. The lowest BCUT2D eigenvalue weighted by Crippen LogP contribution is -2.23. The summed E-state index contributed by atoms with van der Waals surface area (Å²) in [5.74, 6) is 0.251. The number of halogens is 1. The Labute approximate surface area is 174 Å². The Bertz CT molecular complexity index is 1170. The van der Waals surface area contributed by atoms with Gasteiger partial charge in [0.05, 0.1) is 31.6 Å². The van der Waals surface area contributed by atoms with Crippen LogP contribution < -0.4 is 10.5 Å². The number of fused-ring (bicyclic) bond motifs is 3. The fraction of sp³-hybridized carbons (Fsp3) is 0.500. The summed E-state index contributed by atoms with van der Waals surface area (Å²) < 4.78 is 38.1. The van der Waals surface area contributed by atoms with Gasteiger partial charge in [0.15, 0.2) is 0 Å². The van der Waals surface area contributed by atoms with E-state index < -0.39 is 22.1 Å². The second-order valence-electron chi connectivity index (χ2n) is 8.23. The number of nitrogens with one attached hydrogen (secondary N) is 1. The van der Waals surface area contributed by atoms with Gasteiger partial charge in [-0.25, -0.2) is 18.5 Å². The molecule has 2 aliphatic carbocycles. The number of anilines is 1. The molecule has 30 heavy (non-hydrogen) atoms. The van der Waals surface area contributed by atoms with E-state index in [9.17, 15) is 13.4 Å². The summed E-state index contributed by atoms with van der Waals surface area (Å²) >= 11 is 0. The molecule has 2 amide bonds. The van der Waals surface area contributed by atoms with Crippen molar-refractivity contribution in [2.24, 2.45) is 9.50 Å². The van der Waals surface area contributed by atoms with Crippen LogP contribution in [0.1, 0.15) is 47.2 Å². The van der Waals surface area contributed by atoms with Gasteiger partial charge in [-0.15, -0.1) is 4.36 Å². The van der Waals surface area contributed by atoms with Crippen molar-refractivity contribution in [3.63, 3.8) is 0 Å². The van der Waals surface area contributed by atoms with Crippen molar-refractivity contribution in [1.82, 2.24) is 9.78 Å². The molecule has 0 radical (unpaired) electrons. The number of amides is 2. The van der Waals surface area contributed by atoms with Crippen LogP contribution in [-0.2, 0) is 47.1 Å². The van der Waals surface area contributed by atoms with Crippen LogP contribution >= 0.6 is 0 Å². The number of aryl methyl sites for hydroxylation is 1. The number of hydrogen-bond acceptors (Lipinski definition) is 4. The molecule has 1 aromatic carbocycles. The van der Waals surface area contributed by atoms with Crippen molar-refractivity contribution in [2.45, 2.75) is 62.7 Å². The molecule has 0 fully saturated rings. The summed E-state index contributed by atoms with van der Waals surface area (Å²) in [6.45, 7) is 3.35. The number of ether oxygens (including phenoxy) is 1. The standard InChI is InChI=1S/C20H24FN5O3S/c1-11-2-3-12-6-13-7-14(21)8-15(13)19(18(11)12)24-20(27)25-30(22,28)17-9-23-26-4-5-29-10-16(17)26/h6,9,11,14H,2-5,7-8,10H2,1H3,(H3,22,24,25,27,28). The van der Waals surface area contributed by atoms with Crippen LogP contribution in [0.5, 0.6) is 0 Å². The number of aromatic nitrogens is 2. The second-order valence-corrected chi connectivity index (χ2v) is 9.99. The molecule has 10 heteroatoms. The van der Waals surface area contributed by atoms with E-state index in [1.54, 1.807) is 4.68 Å². The number of nitrogens with two attached hydrogens (primary N) is 1. The van der Waals surface area contributed by atoms with E-state index in [0.717, 1.165) is 35.1 Å². The van der Waals surface area contributed by atoms with Gasteiger partial charge >= 0.3 is 6.03 Å². The highest BCUT2D eigenvalue weighted by Gasteiger charge is 2.32. The second kappa shape index (κ2) is 7.14. The van der Waals surface area contributed by atoms with E-state index in [-0.39, 0.29) is 23.8 Å². The third kappa shape index (κ3) is 3.23. The average molecular weight is 434 g/mol. The van der Waals surface area contributed by atoms with Crippen LogP contribution in [0.15, 0.2) is 21.5 Å². The molecule has 8 nitrogen and oxygen atoms in total. The monoisotopic (exact) mass is 433 g/mol. The summed E-state index contributed by atoms with van der Waals surface area (Å²) in [7, 11) is -3.50. The molecule has 2 heterocycles. The highest BCUT2D eigenvalue weighted by Crippen LogP contribution is 2.44. The molecular weight excluding hydrogens is 409 g/mol. The summed E-state index contributed by atoms with van der Waals surface area (Å²) in [6.07, 6.45) is 2.93. The molecule has 160 valence electrons. The van der Waals surface area contributed by atoms with Gasteiger partial charge in [-0.1, -0.05) is 13.0 Å². The van der Waals surface area contributed by atoms with E-state index in [1.165, 1.54) is 6.20 Å². The van der Waals surface area contributed by atoms with E-state index >= 15 is 0 Å². The number of urea groups is 1. The average Bonchev–Trinajstić information content (AvgIpc) is 3.37. The highest BCUT2D eigenvalue weighted by atomic mass is 32.2. The first-order valence-electron chi connectivity index (χ1n) is 10.1. The fourth-order valence-corrected chi connectivity index (χ4v) is 5.92. The Morgan fingerprint density at radius 2 is 2.27 bits per heavy atom. The van der Waals surface area contributed by atoms with Gasteiger partial charge in [-0.3, -0.25) is 4.68 Å². The van der Waals surface area contributed by atoms with Crippen LogP contribution in [-0.4, -0.2) is 32.8 Å². The summed E-state index contributed by atoms with van der Waals surface area (Å²) in [4.78, 5) is 13.0. The summed E-state index contributed by atoms with van der Waals surface area (Å²) in [5, 5.41) is 12.9. The number of nitrogens with zero attached hydrogens (tertiary/aromatic N) is 3. The third-order valence-corrected chi connectivity index (χ3v) is 7.63. The summed E-state index contributed by atoms with van der Waals surface area (Å²) in [6, 6.07) is 1.28. The van der Waals surface area contributed by atoms with Crippen molar-refractivity contribution in [3.8, 4) is 0 Å². The maximum Gasteiger partial charge on any atom is 0.354 e. The zero-order valence-corrected chi connectivity index (χ0v) is 17.5. The maximum atomic E-state index is 14.1. The topological polar surface area (TPSA) is 112 Å². The first-order chi connectivity index (χ1) is 14.3. The van der Waals surface area contributed by atoms with E-state index in [0.29, 0.717) is 31.0 Å². The molecule has 0 bridgehead atoms. The van der Waals surface area contributed by atoms with Crippen molar-refractivity contribution < 1.29 is 18.1 Å². The van der Waals surface area contributed by atoms with Crippen molar-refractivity contribution in [2.75, 3.05) is 11.9 Å². The van der Waals surface area contributed by atoms with Crippen molar-refractivity contribution >= 4 is 21.6 Å². The Morgan fingerprint density at radius 1 is 1.43 bits per heavy atom. The van der Waals surface area contributed by atoms with Crippen LogP contribution in [0.3, 0.4) is 0 Å². The van der Waals surface area contributed by atoms with Crippen molar-refractivity contribution in [3.05, 3.63) is 40.2 Å². The molecule has 0 saturated heterocycles. The predicted octanol–water partition coefficient (Wildman–Crippen LogP) is 2.83. The molecule has 2 aromatic rings. The van der Waals surface area contributed by atoms with Gasteiger partial charge < -0.3 is 10.1 Å². The van der Waals surface area contributed by atoms with E-state index in [4.69, 9.17) is 9.88 Å². The Hall–Kier alpha value is -2.30. The quantitative estimate of drug-likeness (QED) is 0.758. The number of benzene rings is 1. The van der Waals surface area contributed by atoms with Gasteiger partial charge in [-0.05, 0) is 41.0 Å². The molecule has 3 N–H and O–H groups in total. The lowest BCUT2D eigenvalue weighted by molar-refractivity contribution is 0.0781. The largest absolute Gasteiger partial charge is 0.373 e. The van der Waals surface area contributed by atoms with Gasteiger partial charge in [0.2, 0.25) is 0 Å². The number of rotatable bonds is 2. The van der Waals surface area contributed by atoms with Gasteiger partial charge in [0, 0.05) is 18.5 Å². The Morgan fingerprint density at radius 3 is 3.10 bits per heavy atom. The maximum absolute atomic E-state index is 14.1. The molecule has 1 aliphatic heterocycles. The number of alkyl halides is 1. The van der Waals surface area contributed by atoms with Crippen LogP contribution in [0, 0.1) is 0 Å². The first-order valence-corrected chi connectivity index (χ1v) is 11.7.